The average molecular weight is 431 g/mol. The van der Waals surface area contributed by atoms with Crippen LogP contribution in [-0.2, 0) is 11.3 Å². The molecule has 0 saturated heterocycles. The van der Waals surface area contributed by atoms with Crippen molar-refractivity contribution < 1.29 is 4.79 Å². The van der Waals surface area contributed by atoms with E-state index in [1.165, 1.54) is 11.8 Å². The topological polar surface area (TPSA) is 51.0 Å². The van der Waals surface area contributed by atoms with Gasteiger partial charge in [0, 0.05) is 29.3 Å². The van der Waals surface area contributed by atoms with Gasteiger partial charge in [-0.2, -0.15) is 0 Å². The molecular weight excluding hydrogens is 412 g/mol. The summed E-state index contributed by atoms with van der Waals surface area (Å²) in [6.07, 6.45) is 0. The van der Waals surface area contributed by atoms with Crippen molar-refractivity contribution in [3.05, 3.63) is 59.1 Å². The molecule has 134 valence electrons. The van der Waals surface area contributed by atoms with Gasteiger partial charge >= 0.3 is 0 Å². The van der Waals surface area contributed by atoms with E-state index in [1.54, 1.807) is 11.9 Å². The molecule has 0 saturated carbocycles. The molecule has 0 spiro atoms. The summed E-state index contributed by atoms with van der Waals surface area (Å²) in [6, 6.07) is 17.6. The zero-order chi connectivity index (χ0) is 18.5. The average Bonchev–Trinajstić information content (AvgIpc) is 3.09. The highest BCUT2D eigenvalue weighted by molar-refractivity contribution is 9.10. The summed E-state index contributed by atoms with van der Waals surface area (Å²) in [5.41, 5.74) is 1.88. The lowest BCUT2D eigenvalue weighted by Gasteiger charge is -2.16. The third kappa shape index (κ3) is 4.16. The number of halogens is 1. The predicted octanol–water partition coefficient (Wildman–Crippen LogP) is 4.48. The van der Waals surface area contributed by atoms with Gasteiger partial charge in [-0.25, -0.2) is 0 Å². The maximum atomic E-state index is 12.5. The maximum absolute atomic E-state index is 12.5. The number of aromatic nitrogens is 3. The van der Waals surface area contributed by atoms with Gasteiger partial charge < -0.3 is 9.47 Å². The zero-order valence-corrected chi connectivity index (χ0v) is 17.0. The first-order valence-electron chi connectivity index (χ1n) is 8.23. The first-order chi connectivity index (χ1) is 12.6. The molecule has 0 aliphatic carbocycles. The second kappa shape index (κ2) is 8.51. The van der Waals surface area contributed by atoms with Crippen LogP contribution in [0.1, 0.15) is 6.92 Å². The van der Waals surface area contributed by atoms with Crippen LogP contribution in [0.3, 0.4) is 0 Å². The monoisotopic (exact) mass is 430 g/mol. The number of para-hydroxylation sites is 1. The Bertz CT molecular complexity index is 880. The van der Waals surface area contributed by atoms with E-state index in [1.807, 2.05) is 66.1 Å². The molecule has 3 aromatic rings. The van der Waals surface area contributed by atoms with Crippen LogP contribution in [0.2, 0.25) is 0 Å². The quantitative estimate of drug-likeness (QED) is 0.540. The number of benzene rings is 2. The van der Waals surface area contributed by atoms with Gasteiger partial charge in [0.15, 0.2) is 11.0 Å². The molecule has 0 unspecified atom stereocenters. The second-order valence-corrected chi connectivity index (χ2v) is 7.49. The minimum Gasteiger partial charge on any atom is -0.315 e. The van der Waals surface area contributed by atoms with E-state index in [-0.39, 0.29) is 5.91 Å². The van der Waals surface area contributed by atoms with E-state index in [4.69, 9.17) is 0 Å². The number of nitrogens with zero attached hydrogens (tertiary/aromatic N) is 4. The highest BCUT2D eigenvalue weighted by atomic mass is 79.9. The van der Waals surface area contributed by atoms with E-state index < -0.39 is 0 Å². The Hall–Kier alpha value is -2.12. The highest BCUT2D eigenvalue weighted by Crippen LogP contribution is 2.25. The van der Waals surface area contributed by atoms with Crippen LogP contribution < -0.4 is 4.90 Å². The SMILES string of the molecule is CCn1c(SCC(=O)N(C)c2ccccc2)nnc1-c1ccc(Br)cc1. The number of carbonyl (C=O) groups excluding carboxylic acids is 1. The van der Waals surface area contributed by atoms with Crippen LogP contribution in [0, 0.1) is 0 Å². The van der Waals surface area contributed by atoms with Crippen molar-refractivity contribution in [3.63, 3.8) is 0 Å². The molecule has 1 aromatic heterocycles. The van der Waals surface area contributed by atoms with Gasteiger partial charge in [-0.05, 0) is 31.2 Å². The molecule has 0 aliphatic heterocycles. The molecule has 3 rings (SSSR count). The number of hydrogen-bond acceptors (Lipinski definition) is 4. The third-order valence-corrected chi connectivity index (χ3v) is 5.46. The molecule has 0 bridgehead atoms. The van der Waals surface area contributed by atoms with Crippen LogP contribution in [0.15, 0.2) is 64.2 Å². The normalized spacial score (nSPS) is 10.7. The Kier molecular flexibility index (Phi) is 6.11. The van der Waals surface area contributed by atoms with Crippen LogP contribution in [0.25, 0.3) is 11.4 Å². The lowest BCUT2D eigenvalue weighted by atomic mass is 10.2. The number of amides is 1. The Labute approximate surface area is 165 Å². The molecule has 0 aliphatic rings. The highest BCUT2D eigenvalue weighted by Gasteiger charge is 2.16. The minimum absolute atomic E-state index is 0.0250. The molecule has 7 heteroatoms. The Balaban J connectivity index is 1.72. The lowest BCUT2D eigenvalue weighted by Crippen LogP contribution is -2.27. The van der Waals surface area contributed by atoms with Gasteiger partial charge in [-0.1, -0.05) is 58.0 Å². The fourth-order valence-electron chi connectivity index (χ4n) is 2.51. The number of anilines is 1. The predicted molar refractivity (Wildman–Crippen MR) is 109 cm³/mol. The lowest BCUT2D eigenvalue weighted by molar-refractivity contribution is -0.115. The molecule has 1 heterocycles. The molecule has 0 atom stereocenters. The second-order valence-electron chi connectivity index (χ2n) is 5.63. The minimum atomic E-state index is 0.0250. The number of thioether (sulfide) groups is 1. The summed E-state index contributed by atoms with van der Waals surface area (Å²) in [4.78, 5) is 14.1. The van der Waals surface area contributed by atoms with E-state index >= 15 is 0 Å². The van der Waals surface area contributed by atoms with Crippen molar-refractivity contribution in [2.24, 2.45) is 0 Å². The molecule has 26 heavy (non-hydrogen) atoms. The standard InChI is InChI=1S/C19H19BrN4OS/c1-3-24-18(14-9-11-15(20)12-10-14)21-22-19(24)26-13-17(25)23(2)16-7-5-4-6-8-16/h4-12H,3,13H2,1-2H3. The van der Waals surface area contributed by atoms with E-state index in [0.717, 1.165) is 33.2 Å². The summed E-state index contributed by atoms with van der Waals surface area (Å²) in [6.45, 7) is 2.79. The van der Waals surface area contributed by atoms with Crippen LogP contribution in [0.4, 0.5) is 5.69 Å². The van der Waals surface area contributed by atoms with E-state index in [2.05, 4.69) is 26.1 Å². The molecule has 2 aromatic carbocycles. The van der Waals surface area contributed by atoms with Crippen molar-refractivity contribution in [3.8, 4) is 11.4 Å². The molecule has 1 amide bonds. The summed E-state index contributed by atoms with van der Waals surface area (Å²) < 4.78 is 3.05. The summed E-state index contributed by atoms with van der Waals surface area (Å²) in [5.74, 6) is 1.15. The largest absolute Gasteiger partial charge is 0.315 e. The summed E-state index contributed by atoms with van der Waals surface area (Å²) in [5, 5.41) is 9.35. The molecule has 0 N–H and O–H groups in total. The van der Waals surface area contributed by atoms with Crippen molar-refractivity contribution in [1.82, 2.24) is 14.8 Å². The van der Waals surface area contributed by atoms with Crippen molar-refractivity contribution in [1.29, 1.82) is 0 Å². The fraction of sp³-hybridized carbons (Fsp3) is 0.211. The number of carbonyl (C=O) groups is 1. The Morgan fingerprint density at radius 3 is 2.46 bits per heavy atom. The molecular formula is C19H19BrN4OS. The maximum Gasteiger partial charge on any atom is 0.237 e. The van der Waals surface area contributed by atoms with Crippen molar-refractivity contribution >= 4 is 39.3 Å². The van der Waals surface area contributed by atoms with Crippen LogP contribution in [0.5, 0.6) is 0 Å². The van der Waals surface area contributed by atoms with Gasteiger partial charge in [0.05, 0.1) is 5.75 Å². The number of rotatable bonds is 6. The van der Waals surface area contributed by atoms with Crippen molar-refractivity contribution in [2.45, 2.75) is 18.6 Å². The van der Waals surface area contributed by atoms with E-state index in [9.17, 15) is 4.79 Å². The first-order valence-corrected chi connectivity index (χ1v) is 10.0. The molecule has 0 radical (unpaired) electrons. The third-order valence-electron chi connectivity index (χ3n) is 3.98. The van der Waals surface area contributed by atoms with Gasteiger partial charge in [0.25, 0.3) is 0 Å². The Morgan fingerprint density at radius 2 is 1.81 bits per heavy atom. The molecule has 5 nitrogen and oxygen atoms in total. The van der Waals surface area contributed by atoms with Crippen LogP contribution >= 0.6 is 27.7 Å². The fourth-order valence-corrected chi connectivity index (χ4v) is 3.69. The first kappa shape index (κ1) is 18.7. The summed E-state index contributed by atoms with van der Waals surface area (Å²) >= 11 is 4.85. The van der Waals surface area contributed by atoms with Gasteiger partial charge in [-0.3, -0.25) is 4.79 Å². The number of hydrogen-bond donors (Lipinski definition) is 0. The zero-order valence-electron chi connectivity index (χ0n) is 14.6. The van der Waals surface area contributed by atoms with E-state index in [0.29, 0.717) is 5.75 Å². The van der Waals surface area contributed by atoms with Gasteiger partial charge in [0.2, 0.25) is 5.91 Å². The van der Waals surface area contributed by atoms with Crippen LogP contribution in [-0.4, -0.2) is 33.5 Å². The van der Waals surface area contributed by atoms with Gasteiger partial charge in [0.1, 0.15) is 0 Å². The van der Waals surface area contributed by atoms with Crippen molar-refractivity contribution in [2.75, 3.05) is 17.7 Å². The van der Waals surface area contributed by atoms with Gasteiger partial charge in [-0.15, -0.1) is 10.2 Å². The Morgan fingerprint density at radius 1 is 1.12 bits per heavy atom. The summed E-state index contributed by atoms with van der Waals surface area (Å²) in [7, 11) is 1.79. The molecule has 0 fully saturated rings. The smallest absolute Gasteiger partial charge is 0.237 e.